The second kappa shape index (κ2) is 7.74. The Balaban J connectivity index is 2.04. The molecule has 29 heavy (non-hydrogen) atoms. The Morgan fingerprint density at radius 1 is 1.10 bits per heavy atom. The van der Waals surface area contributed by atoms with Gasteiger partial charge in [-0.2, -0.15) is 0 Å². The van der Waals surface area contributed by atoms with E-state index in [1.54, 1.807) is 0 Å². The van der Waals surface area contributed by atoms with Gasteiger partial charge in [-0.3, -0.25) is 4.79 Å². The van der Waals surface area contributed by atoms with Gasteiger partial charge in [-0.05, 0) is 74.8 Å². The highest BCUT2D eigenvalue weighted by molar-refractivity contribution is 5.71. The molecule has 0 unspecified atom stereocenters. The highest BCUT2D eigenvalue weighted by Gasteiger charge is 2.41. The van der Waals surface area contributed by atoms with E-state index < -0.39 is 5.97 Å². The van der Waals surface area contributed by atoms with Crippen LogP contribution in [0.15, 0.2) is 36.4 Å². The smallest absolute Gasteiger partial charge is 0.303 e. The topological polar surface area (TPSA) is 55.8 Å². The lowest BCUT2D eigenvalue weighted by atomic mass is 9.73. The SMILES string of the molecule is CC(C)Oc1cc(-c2ccc(CCC(=O)O)cc2)cc2c1OC(C)(C)CC2(C)C. The van der Waals surface area contributed by atoms with Crippen LogP contribution in [0, 0.1) is 0 Å². The summed E-state index contributed by atoms with van der Waals surface area (Å²) in [5.41, 5.74) is 4.07. The lowest BCUT2D eigenvalue weighted by Gasteiger charge is -2.43. The molecule has 4 heteroatoms. The normalized spacial score (nSPS) is 16.8. The van der Waals surface area contributed by atoms with Gasteiger partial charge in [-0.1, -0.05) is 38.1 Å². The Morgan fingerprint density at radius 2 is 1.76 bits per heavy atom. The molecular formula is C25H32O4. The molecule has 1 heterocycles. The van der Waals surface area contributed by atoms with Crippen molar-refractivity contribution in [1.29, 1.82) is 0 Å². The van der Waals surface area contributed by atoms with Crippen LogP contribution in [-0.4, -0.2) is 22.8 Å². The number of rotatable bonds is 6. The van der Waals surface area contributed by atoms with Gasteiger partial charge in [0.15, 0.2) is 11.5 Å². The highest BCUT2D eigenvalue weighted by Crippen LogP contribution is 2.50. The van der Waals surface area contributed by atoms with E-state index in [0.717, 1.165) is 34.6 Å². The third-order valence-corrected chi connectivity index (χ3v) is 5.31. The summed E-state index contributed by atoms with van der Waals surface area (Å²) in [4.78, 5) is 10.8. The zero-order valence-corrected chi connectivity index (χ0v) is 18.3. The van der Waals surface area contributed by atoms with Crippen molar-refractivity contribution in [2.75, 3.05) is 0 Å². The van der Waals surface area contributed by atoms with Crippen LogP contribution in [0.4, 0.5) is 0 Å². The first-order valence-electron chi connectivity index (χ1n) is 10.3. The minimum atomic E-state index is -0.774. The van der Waals surface area contributed by atoms with Crippen molar-refractivity contribution in [3.05, 3.63) is 47.5 Å². The second-order valence-corrected chi connectivity index (χ2v) is 9.53. The van der Waals surface area contributed by atoms with Crippen LogP contribution in [-0.2, 0) is 16.6 Å². The summed E-state index contributed by atoms with van der Waals surface area (Å²) < 4.78 is 12.5. The molecule has 0 saturated carbocycles. The van der Waals surface area contributed by atoms with Crippen molar-refractivity contribution < 1.29 is 19.4 Å². The molecular weight excluding hydrogens is 364 g/mol. The number of carboxylic acid groups (broad SMARTS) is 1. The van der Waals surface area contributed by atoms with Gasteiger partial charge in [0, 0.05) is 12.0 Å². The molecule has 0 saturated heterocycles. The quantitative estimate of drug-likeness (QED) is 0.651. The Kier molecular flexibility index (Phi) is 5.66. The van der Waals surface area contributed by atoms with E-state index in [1.807, 2.05) is 26.0 Å². The van der Waals surface area contributed by atoms with Crippen LogP contribution in [0.2, 0.25) is 0 Å². The molecule has 3 rings (SSSR count). The van der Waals surface area contributed by atoms with Crippen molar-refractivity contribution in [3.63, 3.8) is 0 Å². The van der Waals surface area contributed by atoms with Crippen molar-refractivity contribution >= 4 is 5.97 Å². The number of carbonyl (C=O) groups is 1. The van der Waals surface area contributed by atoms with Crippen molar-refractivity contribution in [2.45, 2.75) is 77.9 Å². The molecule has 0 fully saturated rings. The molecule has 0 amide bonds. The van der Waals surface area contributed by atoms with Crippen molar-refractivity contribution in [3.8, 4) is 22.6 Å². The molecule has 156 valence electrons. The Labute approximate surface area is 173 Å². The summed E-state index contributed by atoms with van der Waals surface area (Å²) in [5, 5.41) is 8.88. The standard InChI is InChI=1S/C25H32O4/c1-16(2)28-21-14-19(18-10-7-17(8-11-18)9-12-22(26)27)13-20-23(21)29-25(5,6)15-24(20,3)4/h7-8,10-11,13-14,16H,9,12,15H2,1-6H3,(H,26,27). The van der Waals surface area contributed by atoms with Crippen LogP contribution in [0.1, 0.15) is 65.5 Å². The van der Waals surface area contributed by atoms with Gasteiger partial charge in [-0.15, -0.1) is 0 Å². The Hall–Kier alpha value is -2.49. The van der Waals surface area contributed by atoms with Gasteiger partial charge in [0.05, 0.1) is 6.10 Å². The number of hydrogen-bond donors (Lipinski definition) is 1. The third-order valence-electron chi connectivity index (χ3n) is 5.31. The number of fused-ring (bicyclic) bond motifs is 1. The molecule has 4 nitrogen and oxygen atoms in total. The summed E-state index contributed by atoms with van der Waals surface area (Å²) in [6, 6.07) is 12.4. The molecule has 1 N–H and O–H groups in total. The number of benzene rings is 2. The van der Waals surface area contributed by atoms with E-state index in [9.17, 15) is 4.79 Å². The molecule has 1 aliphatic rings. The molecule has 0 radical (unpaired) electrons. The maximum absolute atomic E-state index is 10.8. The van der Waals surface area contributed by atoms with E-state index in [1.165, 1.54) is 5.56 Å². The number of carboxylic acids is 1. The number of hydrogen-bond acceptors (Lipinski definition) is 3. The molecule has 0 aromatic heterocycles. The lowest BCUT2D eigenvalue weighted by Crippen LogP contribution is -2.41. The van der Waals surface area contributed by atoms with Crippen LogP contribution in [0.5, 0.6) is 11.5 Å². The van der Waals surface area contributed by atoms with Crippen molar-refractivity contribution in [1.82, 2.24) is 0 Å². The monoisotopic (exact) mass is 396 g/mol. The van der Waals surface area contributed by atoms with Gasteiger partial charge < -0.3 is 14.6 Å². The molecule has 0 aliphatic carbocycles. The molecule has 1 aliphatic heterocycles. The minimum absolute atomic E-state index is 0.0381. The average molecular weight is 397 g/mol. The fraction of sp³-hybridized carbons (Fsp3) is 0.480. The first-order chi connectivity index (χ1) is 13.5. The molecule has 0 spiro atoms. The van der Waals surface area contributed by atoms with Gasteiger partial charge in [0.25, 0.3) is 0 Å². The van der Waals surface area contributed by atoms with Crippen LogP contribution < -0.4 is 9.47 Å². The van der Waals surface area contributed by atoms with E-state index in [2.05, 4.69) is 52.0 Å². The highest BCUT2D eigenvalue weighted by atomic mass is 16.5. The number of aryl methyl sites for hydroxylation is 1. The van der Waals surface area contributed by atoms with E-state index >= 15 is 0 Å². The zero-order chi connectivity index (χ0) is 21.4. The molecule has 0 bridgehead atoms. The summed E-state index contributed by atoms with van der Waals surface area (Å²) in [6.07, 6.45) is 1.65. The molecule has 2 aromatic rings. The van der Waals surface area contributed by atoms with E-state index in [-0.39, 0.29) is 23.5 Å². The van der Waals surface area contributed by atoms with Crippen LogP contribution in [0.3, 0.4) is 0 Å². The van der Waals surface area contributed by atoms with Gasteiger partial charge in [0.2, 0.25) is 0 Å². The van der Waals surface area contributed by atoms with Crippen LogP contribution >= 0.6 is 0 Å². The number of aliphatic carboxylic acids is 1. The van der Waals surface area contributed by atoms with E-state index in [4.69, 9.17) is 14.6 Å². The maximum atomic E-state index is 10.8. The van der Waals surface area contributed by atoms with Crippen LogP contribution in [0.25, 0.3) is 11.1 Å². The summed E-state index contributed by atoms with van der Waals surface area (Å²) in [5.74, 6) is 0.856. The minimum Gasteiger partial charge on any atom is -0.487 e. The lowest BCUT2D eigenvalue weighted by molar-refractivity contribution is -0.136. The molecule has 0 atom stereocenters. The van der Waals surface area contributed by atoms with Gasteiger partial charge in [0.1, 0.15) is 5.60 Å². The van der Waals surface area contributed by atoms with Gasteiger partial charge in [-0.25, -0.2) is 0 Å². The summed E-state index contributed by atoms with van der Waals surface area (Å²) >= 11 is 0. The number of ether oxygens (including phenoxy) is 2. The predicted octanol–water partition coefficient (Wildman–Crippen LogP) is 6.00. The predicted molar refractivity (Wildman–Crippen MR) is 116 cm³/mol. The molecule has 2 aromatic carbocycles. The zero-order valence-electron chi connectivity index (χ0n) is 18.3. The third kappa shape index (κ3) is 4.92. The first-order valence-corrected chi connectivity index (χ1v) is 10.3. The first kappa shape index (κ1) is 21.2. The Bertz CT molecular complexity index is 892. The fourth-order valence-corrected chi connectivity index (χ4v) is 4.31. The van der Waals surface area contributed by atoms with E-state index in [0.29, 0.717) is 6.42 Å². The van der Waals surface area contributed by atoms with Crippen molar-refractivity contribution in [2.24, 2.45) is 0 Å². The second-order valence-electron chi connectivity index (χ2n) is 9.53. The fourth-order valence-electron chi connectivity index (χ4n) is 4.31. The summed E-state index contributed by atoms with van der Waals surface area (Å²) in [6.45, 7) is 12.8. The average Bonchev–Trinajstić information content (AvgIpc) is 2.59. The Morgan fingerprint density at radius 3 is 2.34 bits per heavy atom. The summed E-state index contributed by atoms with van der Waals surface area (Å²) in [7, 11) is 0. The largest absolute Gasteiger partial charge is 0.487 e. The van der Waals surface area contributed by atoms with Gasteiger partial charge >= 0.3 is 5.97 Å². The maximum Gasteiger partial charge on any atom is 0.303 e.